The van der Waals surface area contributed by atoms with Gasteiger partial charge in [-0.05, 0) is 20.8 Å². The van der Waals surface area contributed by atoms with E-state index in [1.165, 1.54) is 7.11 Å². The van der Waals surface area contributed by atoms with Gasteiger partial charge in [-0.3, -0.25) is 0 Å². The van der Waals surface area contributed by atoms with Gasteiger partial charge in [-0.2, -0.15) is 0 Å². The highest BCUT2D eigenvalue weighted by Gasteiger charge is 2.43. The number of hydrogen-bond acceptors (Lipinski definition) is 4. The van der Waals surface area contributed by atoms with Crippen molar-refractivity contribution in [2.24, 2.45) is 0 Å². The first-order valence-corrected chi connectivity index (χ1v) is 3.90. The predicted molar refractivity (Wildman–Crippen MR) is 41.5 cm³/mol. The zero-order valence-electron chi connectivity index (χ0n) is 7.79. The summed E-state index contributed by atoms with van der Waals surface area (Å²) in [5.74, 6) is -1.06. The lowest BCUT2D eigenvalue weighted by Crippen LogP contribution is -2.30. The molecule has 70 valence electrons. The minimum absolute atomic E-state index is 0.243. The van der Waals surface area contributed by atoms with Crippen LogP contribution in [-0.4, -0.2) is 31.1 Å². The average molecular weight is 174 g/mol. The molecule has 1 rings (SSSR count). The summed E-state index contributed by atoms with van der Waals surface area (Å²) in [6.45, 7) is 5.33. The Bertz CT molecular complexity index is 187. The maximum absolute atomic E-state index is 11.1. The summed E-state index contributed by atoms with van der Waals surface area (Å²) in [6, 6.07) is 0. The first-order valence-electron chi connectivity index (χ1n) is 3.90. The molecular weight excluding hydrogens is 160 g/mol. The van der Waals surface area contributed by atoms with Crippen molar-refractivity contribution in [1.82, 2.24) is 0 Å². The van der Waals surface area contributed by atoms with Crippen LogP contribution in [-0.2, 0) is 19.0 Å². The van der Waals surface area contributed by atoms with Gasteiger partial charge in [0.1, 0.15) is 0 Å². The molecule has 2 atom stereocenters. The summed E-state index contributed by atoms with van der Waals surface area (Å²) in [4.78, 5) is 11.1. The van der Waals surface area contributed by atoms with E-state index in [-0.39, 0.29) is 12.1 Å². The van der Waals surface area contributed by atoms with Gasteiger partial charge >= 0.3 is 5.97 Å². The molecule has 4 nitrogen and oxygen atoms in total. The third kappa shape index (κ3) is 1.76. The first-order chi connectivity index (χ1) is 5.46. The molecule has 1 aliphatic rings. The largest absolute Gasteiger partial charge is 0.467 e. The van der Waals surface area contributed by atoms with E-state index >= 15 is 0 Å². The maximum Gasteiger partial charge on any atom is 0.337 e. The van der Waals surface area contributed by atoms with Crippen LogP contribution >= 0.6 is 0 Å². The molecule has 4 heteroatoms. The third-order valence-corrected chi connectivity index (χ3v) is 1.74. The molecule has 0 bridgehead atoms. The summed E-state index contributed by atoms with van der Waals surface area (Å²) in [5.41, 5.74) is 0. The van der Waals surface area contributed by atoms with Gasteiger partial charge in [-0.15, -0.1) is 0 Å². The van der Waals surface area contributed by atoms with Crippen molar-refractivity contribution in [1.29, 1.82) is 0 Å². The smallest absolute Gasteiger partial charge is 0.337 e. The van der Waals surface area contributed by atoms with Crippen LogP contribution in [0.4, 0.5) is 0 Å². The Labute approximate surface area is 71.8 Å². The Kier molecular flexibility index (Phi) is 2.39. The van der Waals surface area contributed by atoms with Crippen molar-refractivity contribution in [2.75, 3.05) is 7.11 Å². The number of hydrogen-bond donors (Lipinski definition) is 0. The number of carbonyl (C=O) groups excluding carboxylic acids is 1. The number of carbonyl (C=O) groups is 1. The molecule has 0 aliphatic carbocycles. The molecule has 0 aromatic carbocycles. The SMILES string of the molecule is COC(=O)C1OC(C)(C)OC1C. The molecule has 0 aromatic rings. The topological polar surface area (TPSA) is 44.8 Å². The van der Waals surface area contributed by atoms with E-state index in [1.54, 1.807) is 20.8 Å². The van der Waals surface area contributed by atoms with E-state index in [1.807, 2.05) is 0 Å². The predicted octanol–water partition coefficient (Wildman–Crippen LogP) is 0.699. The fraction of sp³-hybridized carbons (Fsp3) is 0.875. The zero-order valence-corrected chi connectivity index (χ0v) is 7.79. The number of methoxy groups -OCH3 is 1. The number of rotatable bonds is 1. The molecule has 0 amide bonds. The van der Waals surface area contributed by atoms with Gasteiger partial charge in [0.25, 0.3) is 0 Å². The van der Waals surface area contributed by atoms with Crippen LogP contribution in [0.2, 0.25) is 0 Å². The minimum Gasteiger partial charge on any atom is -0.467 e. The quantitative estimate of drug-likeness (QED) is 0.549. The Morgan fingerprint density at radius 2 is 2.00 bits per heavy atom. The lowest BCUT2D eigenvalue weighted by atomic mass is 10.2. The summed E-state index contributed by atoms with van der Waals surface area (Å²) in [6.07, 6.45) is -0.836. The Morgan fingerprint density at radius 3 is 2.33 bits per heavy atom. The molecule has 0 aromatic heterocycles. The number of ether oxygens (including phenoxy) is 3. The average Bonchev–Trinajstić information content (AvgIpc) is 2.23. The van der Waals surface area contributed by atoms with E-state index in [4.69, 9.17) is 9.47 Å². The molecule has 1 saturated heterocycles. The van der Waals surface area contributed by atoms with Gasteiger partial charge in [0.05, 0.1) is 13.2 Å². The second-order valence-electron chi connectivity index (χ2n) is 3.28. The number of esters is 1. The zero-order chi connectivity index (χ0) is 9.35. The van der Waals surface area contributed by atoms with E-state index in [9.17, 15) is 4.79 Å². The molecule has 1 aliphatic heterocycles. The van der Waals surface area contributed by atoms with Crippen molar-refractivity contribution in [3.05, 3.63) is 0 Å². The van der Waals surface area contributed by atoms with E-state index < -0.39 is 11.9 Å². The Balaban J connectivity index is 2.64. The van der Waals surface area contributed by atoms with Gasteiger partial charge in [-0.1, -0.05) is 0 Å². The van der Waals surface area contributed by atoms with Crippen LogP contribution in [0.5, 0.6) is 0 Å². The van der Waals surface area contributed by atoms with Crippen LogP contribution in [0.25, 0.3) is 0 Å². The molecule has 12 heavy (non-hydrogen) atoms. The van der Waals surface area contributed by atoms with Crippen molar-refractivity contribution in [2.45, 2.75) is 38.8 Å². The lowest BCUT2D eigenvalue weighted by Gasteiger charge is -2.15. The van der Waals surface area contributed by atoms with E-state index in [0.29, 0.717) is 0 Å². The second-order valence-corrected chi connectivity index (χ2v) is 3.28. The molecule has 1 fully saturated rings. The Morgan fingerprint density at radius 1 is 1.42 bits per heavy atom. The van der Waals surface area contributed by atoms with Gasteiger partial charge in [0.2, 0.25) is 0 Å². The Hall–Kier alpha value is -0.610. The van der Waals surface area contributed by atoms with Crippen molar-refractivity contribution < 1.29 is 19.0 Å². The molecule has 0 radical (unpaired) electrons. The van der Waals surface area contributed by atoms with Crippen LogP contribution in [0.1, 0.15) is 20.8 Å². The highest BCUT2D eigenvalue weighted by atomic mass is 16.8. The van der Waals surface area contributed by atoms with Crippen LogP contribution in [0, 0.1) is 0 Å². The summed E-state index contributed by atoms with van der Waals surface area (Å²) < 4.78 is 15.2. The second kappa shape index (κ2) is 3.03. The summed E-state index contributed by atoms with van der Waals surface area (Å²) in [7, 11) is 1.34. The molecular formula is C8H14O4. The fourth-order valence-electron chi connectivity index (χ4n) is 1.29. The molecule has 0 spiro atoms. The van der Waals surface area contributed by atoms with Crippen LogP contribution in [0.3, 0.4) is 0 Å². The normalized spacial score (nSPS) is 33.3. The van der Waals surface area contributed by atoms with Gasteiger partial charge in [-0.25, -0.2) is 4.79 Å². The van der Waals surface area contributed by atoms with E-state index in [0.717, 1.165) is 0 Å². The molecule has 0 saturated carbocycles. The van der Waals surface area contributed by atoms with E-state index in [2.05, 4.69) is 4.74 Å². The monoisotopic (exact) mass is 174 g/mol. The third-order valence-electron chi connectivity index (χ3n) is 1.74. The minimum atomic E-state index is -0.682. The standard InChI is InChI=1S/C8H14O4/c1-5-6(7(9)10-4)12-8(2,3)11-5/h5-6H,1-4H3. The highest BCUT2D eigenvalue weighted by molar-refractivity contribution is 5.75. The molecule has 1 heterocycles. The lowest BCUT2D eigenvalue weighted by molar-refractivity contribution is -0.168. The van der Waals surface area contributed by atoms with Gasteiger partial charge in [0, 0.05) is 0 Å². The first kappa shape index (κ1) is 9.48. The summed E-state index contributed by atoms with van der Waals surface area (Å²) in [5, 5.41) is 0. The van der Waals surface area contributed by atoms with Crippen molar-refractivity contribution in [3.63, 3.8) is 0 Å². The van der Waals surface area contributed by atoms with Crippen LogP contribution in [0.15, 0.2) is 0 Å². The highest BCUT2D eigenvalue weighted by Crippen LogP contribution is 2.28. The van der Waals surface area contributed by atoms with Crippen LogP contribution < -0.4 is 0 Å². The van der Waals surface area contributed by atoms with Gasteiger partial charge < -0.3 is 14.2 Å². The molecule has 2 unspecified atom stereocenters. The summed E-state index contributed by atoms with van der Waals surface area (Å²) >= 11 is 0. The molecule has 0 N–H and O–H groups in total. The van der Waals surface area contributed by atoms with Crippen molar-refractivity contribution >= 4 is 5.97 Å². The van der Waals surface area contributed by atoms with Gasteiger partial charge in [0.15, 0.2) is 11.9 Å². The fourth-order valence-corrected chi connectivity index (χ4v) is 1.29. The maximum atomic E-state index is 11.1. The van der Waals surface area contributed by atoms with Crippen molar-refractivity contribution in [3.8, 4) is 0 Å².